The van der Waals surface area contributed by atoms with E-state index in [2.05, 4.69) is 5.32 Å². The SMILES string of the molecule is COc1ccc(CNc2cc(Cl)ccc2C(C)=N)cc1. The molecule has 0 bridgehead atoms. The number of rotatable bonds is 5. The van der Waals surface area contributed by atoms with Crippen LogP contribution in [-0.4, -0.2) is 12.8 Å². The number of anilines is 1. The van der Waals surface area contributed by atoms with Crippen molar-refractivity contribution in [3.05, 3.63) is 58.6 Å². The third kappa shape index (κ3) is 3.52. The molecule has 0 aliphatic rings. The molecule has 0 aromatic heterocycles. The Morgan fingerprint density at radius 2 is 1.90 bits per heavy atom. The maximum atomic E-state index is 7.78. The minimum absolute atomic E-state index is 0.513. The summed E-state index contributed by atoms with van der Waals surface area (Å²) in [6.07, 6.45) is 0. The maximum absolute atomic E-state index is 7.78. The van der Waals surface area contributed by atoms with E-state index in [0.29, 0.717) is 17.3 Å². The Kier molecular flexibility index (Phi) is 4.64. The van der Waals surface area contributed by atoms with Crippen molar-refractivity contribution in [3.63, 3.8) is 0 Å². The third-order valence-electron chi connectivity index (χ3n) is 3.03. The predicted molar refractivity (Wildman–Crippen MR) is 84.3 cm³/mol. The Bertz CT molecular complexity index is 608. The van der Waals surface area contributed by atoms with Crippen LogP contribution >= 0.6 is 11.6 Å². The van der Waals surface area contributed by atoms with Crippen molar-refractivity contribution < 1.29 is 4.74 Å². The molecule has 0 fully saturated rings. The molecule has 0 aliphatic heterocycles. The summed E-state index contributed by atoms with van der Waals surface area (Å²) < 4.78 is 5.13. The molecule has 0 atom stereocenters. The molecule has 2 aromatic carbocycles. The van der Waals surface area contributed by atoms with E-state index in [4.69, 9.17) is 21.7 Å². The second-order valence-electron chi connectivity index (χ2n) is 4.52. The van der Waals surface area contributed by atoms with Crippen LogP contribution in [0.2, 0.25) is 5.02 Å². The Labute approximate surface area is 124 Å². The zero-order chi connectivity index (χ0) is 14.5. The van der Waals surface area contributed by atoms with Gasteiger partial charge in [-0.3, -0.25) is 0 Å². The highest BCUT2D eigenvalue weighted by atomic mass is 35.5. The first-order valence-electron chi connectivity index (χ1n) is 6.32. The molecule has 0 amide bonds. The topological polar surface area (TPSA) is 45.1 Å². The molecule has 0 spiro atoms. The van der Waals surface area contributed by atoms with Gasteiger partial charge in [-0.05, 0) is 42.8 Å². The Morgan fingerprint density at radius 3 is 2.50 bits per heavy atom. The largest absolute Gasteiger partial charge is 0.497 e. The van der Waals surface area contributed by atoms with E-state index in [9.17, 15) is 0 Å². The van der Waals surface area contributed by atoms with E-state index in [1.807, 2.05) is 36.4 Å². The summed E-state index contributed by atoms with van der Waals surface area (Å²) in [5.74, 6) is 0.840. The molecule has 0 heterocycles. The van der Waals surface area contributed by atoms with Crippen molar-refractivity contribution in [3.8, 4) is 5.75 Å². The Morgan fingerprint density at radius 1 is 1.20 bits per heavy atom. The van der Waals surface area contributed by atoms with E-state index in [0.717, 1.165) is 22.6 Å². The van der Waals surface area contributed by atoms with Crippen LogP contribution in [0.4, 0.5) is 5.69 Å². The molecule has 20 heavy (non-hydrogen) atoms. The summed E-state index contributed by atoms with van der Waals surface area (Å²) in [5, 5.41) is 11.8. The average Bonchev–Trinajstić information content (AvgIpc) is 2.45. The van der Waals surface area contributed by atoms with Crippen LogP contribution in [0.3, 0.4) is 0 Å². The first-order chi connectivity index (χ1) is 9.60. The fraction of sp³-hybridized carbons (Fsp3) is 0.188. The van der Waals surface area contributed by atoms with Crippen molar-refractivity contribution in [2.24, 2.45) is 0 Å². The van der Waals surface area contributed by atoms with Gasteiger partial charge < -0.3 is 15.5 Å². The van der Waals surface area contributed by atoms with Gasteiger partial charge in [0.05, 0.1) is 7.11 Å². The van der Waals surface area contributed by atoms with E-state index < -0.39 is 0 Å². The lowest BCUT2D eigenvalue weighted by Gasteiger charge is -2.12. The number of methoxy groups -OCH3 is 1. The summed E-state index contributed by atoms with van der Waals surface area (Å²) in [6, 6.07) is 13.4. The van der Waals surface area contributed by atoms with Gasteiger partial charge in [0.2, 0.25) is 0 Å². The monoisotopic (exact) mass is 288 g/mol. The summed E-state index contributed by atoms with van der Waals surface area (Å²) in [6.45, 7) is 2.44. The smallest absolute Gasteiger partial charge is 0.118 e. The van der Waals surface area contributed by atoms with Gasteiger partial charge in [0.15, 0.2) is 0 Å². The molecule has 0 saturated heterocycles. The van der Waals surface area contributed by atoms with Crippen LogP contribution < -0.4 is 10.1 Å². The summed E-state index contributed by atoms with van der Waals surface area (Å²) >= 11 is 6.02. The first-order valence-corrected chi connectivity index (χ1v) is 6.70. The number of ether oxygens (including phenoxy) is 1. The second-order valence-corrected chi connectivity index (χ2v) is 4.95. The quantitative estimate of drug-likeness (QED) is 0.804. The first kappa shape index (κ1) is 14.4. The predicted octanol–water partition coefficient (Wildman–Crippen LogP) is 4.35. The molecule has 2 N–H and O–H groups in total. The second kappa shape index (κ2) is 6.44. The summed E-state index contributed by atoms with van der Waals surface area (Å²) in [7, 11) is 1.65. The Balaban J connectivity index is 2.13. The van der Waals surface area contributed by atoms with E-state index >= 15 is 0 Å². The highest BCUT2D eigenvalue weighted by Crippen LogP contribution is 2.22. The lowest BCUT2D eigenvalue weighted by atomic mass is 10.1. The van der Waals surface area contributed by atoms with Gasteiger partial charge in [0.1, 0.15) is 5.75 Å². The Hall–Kier alpha value is -2.00. The molecular weight excluding hydrogens is 272 g/mol. The summed E-state index contributed by atoms with van der Waals surface area (Å²) in [5.41, 5.74) is 3.39. The van der Waals surface area contributed by atoms with Crippen LogP contribution in [0.25, 0.3) is 0 Å². The molecular formula is C16H17ClN2O. The van der Waals surface area contributed by atoms with Crippen molar-refractivity contribution in [2.75, 3.05) is 12.4 Å². The zero-order valence-electron chi connectivity index (χ0n) is 11.5. The lowest BCUT2D eigenvalue weighted by molar-refractivity contribution is 0.414. The van der Waals surface area contributed by atoms with Crippen LogP contribution in [0.1, 0.15) is 18.1 Å². The number of benzene rings is 2. The summed E-state index contributed by atoms with van der Waals surface area (Å²) in [4.78, 5) is 0. The van der Waals surface area contributed by atoms with E-state index in [1.54, 1.807) is 20.1 Å². The molecule has 2 rings (SSSR count). The maximum Gasteiger partial charge on any atom is 0.118 e. The third-order valence-corrected chi connectivity index (χ3v) is 3.26. The van der Waals surface area contributed by atoms with Crippen molar-refractivity contribution >= 4 is 23.0 Å². The number of hydrogen-bond donors (Lipinski definition) is 2. The normalized spacial score (nSPS) is 10.2. The van der Waals surface area contributed by atoms with Crippen molar-refractivity contribution in [1.29, 1.82) is 5.41 Å². The number of hydrogen-bond acceptors (Lipinski definition) is 3. The van der Waals surface area contributed by atoms with Gasteiger partial charge >= 0.3 is 0 Å². The van der Waals surface area contributed by atoms with Gasteiger partial charge in [-0.1, -0.05) is 23.7 Å². The van der Waals surface area contributed by atoms with Crippen molar-refractivity contribution in [2.45, 2.75) is 13.5 Å². The van der Waals surface area contributed by atoms with Gasteiger partial charge in [-0.2, -0.15) is 0 Å². The van der Waals surface area contributed by atoms with Gasteiger partial charge in [0, 0.05) is 28.5 Å². The van der Waals surface area contributed by atoms with Gasteiger partial charge in [-0.25, -0.2) is 0 Å². The van der Waals surface area contributed by atoms with Crippen LogP contribution in [0, 0.1) is 5.41 Å². The van der Waals surface area contributed by atoms with E-state index in [-0.39, 0.29) is 0 Å². The van der Waals surface area contributed by atoms with Crippen molar-refractivity contribution in [1.82, 2.24) is 0 Å². The zero-order valence-corrected chi connectivity index (χ0v) is 12.3. The fourth-order valence-electron chi connectivity index (χ4n) is 1.93. The minimum atomic E-state index is 0.513. The molecule has 3 nitrogen and oxygen atoms in total. The fourth-order valence-corrected chi connectivity index (χ4v) is 2.10. The standard InChI is InChI=1S/C16H17ClN2O/c1-11(18)15-8-5-13(17)9-16(15)19-10-12-3-6-14(20-2)7-4-12/h3-9,18-19H,10H2,1-2H3. The van der Waals surface area contributed by atoms with E-state index in [1.165, 1.54) is 0 Å². The van der Waals surface area contributed by atoms with Crippen LogP contribution in [0.5, 0.6) is 5.75 Å². The minimum Gasteiger partial charge on any atom is -0.497 e. The molecule has 0 aliphatic carbocycles. The molecule has 4 heteroatoms. The lowest BCUT2D eigenvalue weighted by Crippen LogP contribution is -2.05. The highest BCUT2D eigenvalue weighted by Gasteiger charge is 2.05. The molecule has 0 radical (unpaired) electrons. The molecule has 0 unspecified atom stereocenters. The van der Waals surface area contributed by atoms with Gasteiger partial charge in [0.25, 0.3) is 0 Å². The highest BCUT2D eigenvalue weighted by molar-refractivity contribution is 6.31. The van der Waals surface area contributed by atoms with Crippen LogP contribution in [0.15, 0.2) is 42.5 Å². The van der Waals surface area contributed by atoms with Gasteiger partial charge in [-0.15, -0.1) is 0 Å². The average molecular weight is 289 g/mol. The molecule has 0 saturated carbocycles. The van der Waals surface area contributed by atoms with Crippen LogP contribution in [-0.2, 0) is 6.54 Å². The number of nitrogens with one attached hydrogen (secondary N) is 2. The molecule has 104 valence electrons. The molecule has 2 aromatic rings. The number of halogens is 1.